The Kier molecular flexibility index (Phi) is 4.96. The Morgan fingerprint density at radius 1 is 1.00 bits per heavy atom. The molecule has 24 heavy (non-hydrogen) atoms. The molecule has 0 saturated carbocycles. The number of nitrogens with two attached hydrogens (primary N) is 1. The van der Waals surface area contributed by atoms with Crippen molar-refractivity contribution in [3.8, 4) is 0 Å². The summed E-state index contributed by atoms with van der Waals surface area (Å²) in [5.74, 6) is 0. The summed E-state index contributed by atoms with van der Waals surface area (Å²) >= 11 is 0. The van der Waals surface area contributed by atoms with Crippen LogP contribution in [0.5, 0.6) is 0 Å². The molecule has 0 amide bonds. The normalized spacial score (nSPS) is 14.7. The van der Waals surface area contributed by atoms with E-state index in [1.165, 1.54) is 5.69 Å². The Bertz CT molecular complexity index is 697. The zero-order valence-corrected chi connectivity index (χ0v) is 13.6. The van der Waals surface area contributed by atoms with Gasteiger partial charge in [-0.3, -0.25) is 10.1 Å². The molecule has 1 fully saturated rings. The zero-order valence-electron chi connectivity index (χ0n) is 13.6. The minimum atomic E-state index is -0.350. The average Bonchev–Trinajstić information content (AvgIpc) is 2.63. The molecule has 0 aromatic heterocycles. The number of non-ortho nitro benzene ring substituents is 1. The van der Waals surface area contributed by atoms with E-state index in [1.54, 1.807) is 12.1 Å². The van der Waals surface area contributed by atoms with Crippen LogP contribution in [0.2, 0.25) is 0 Å². The smallest absolute Gasteiger partial charge is 0.269 e. The van der Waals surface area contributed by atoms with E-state index in [-0.39, 0.29) is 10.6 Å². The molecule has 1 aliphatic rings. The summed E-state index contributed by atoms with van der Waals surface area (Å²) in [4.78, 5) is 15.3. The van der Waals surface area contributed by atoms with Gasteiger partial charge in [0.05, 0.1) is 4.92 Å². The number of hydrogen-bond donors (Lipinski definition) is 1. The first-order valence-electron chi connectivity index (χ1n) is 8.21. The highest BCUT2D eigenvalue weighted by Crippen LogP contribution is 2.27. The first-order valence-corrected chi connectivity index (χ1v) is 8.21. The van der Waals surface area contributed by atoms with Crippen molar-refractivity contribution >= 4 is 17.1 Å². The standard InChI is InChI=1S/C18H22N4O2/c19-9-8-15-14-17(22(23)24)6-7-18(15)21-12-10-20(11-13-21)16-4-2-1-3-5-16/h1-7,14H,8-13,19H2. The van der Waals surface area contributed by atoms with Crippen molar-refractivity contribution in [2.24, 2.45) is 5.73 Å². The molecule has 0 atom stereocenters. The second kappa shape index (κ2) is 7.31. The molecule has 2 N–H and O–H groups in total. The van der Waals surface area contributed by atoms with Crippen LogP contribution in [0.1, 0.15) is 5.56 Å². The van der Waals surface area contributed by atoms with Crippen molar-refractivity contribution in [3.05, 3.63) is 64.2 Å². The number of nitrogens with zero attached hydrogens (tertiary/aromatic N) is 3. The molecular formula is C18H22N4O2. The summed E-state index contributed by atoms with van der Waals surface area (Å²) in [6.07, 6.45) is 0.649. The van der Waals surface area contributed by atoms with Gasteiger partial charge < -0.3 is 15.5 Å². The molecule has 0 bridgehead atoms. The number of hydrogen-bond acceptors (Lipinski definition) is 5. The van der Waals surface area contributed by atoms with Crippen molar-refractivity contribution in [3.63, 3.8) is 0 Å². The molecule has 1 aliphatic heterocycles. The fraction of sp³-hybridized carbons (Fsp3) is 0.333. The van der Waals surface area contributed by atoms with E-state index in [4.69, 9.17) is 5.73 Å². The average molecular weight is 326 g/mol. The van der Waals surface area contributed by atoms with Crippen LogP contribution in [-0.4, -0.2) is 37.6 Å². The maximum absolute atomic E-state index is 11.0. The van der Waals surface area contributed by atoms with Gasteiger partial charge in [-0.25, -0.2) is 0 Å². The first kappa shape index (κ1) is 16.3. The van der Waals surface area contributed by atoms with Crippen LogP contribution in [0.15, 0.2) is 48.5 Å². The minimum Gasteiger partial charge on any atom is -0.368 e. The number of benzene rings is 2. The zero-order chi connectivity index (χ0) is 16.9. The molecule has 0 radical (unpaired) electrons. The fourth-order valence-electron chi connectivity index (χ4n) is 3.19. The molecule has 126 valence electrons. The second-order valence-corrected chi connectivity index (χ2v) is 5.92. The SMILES string of the molecule is NCCc1cc([N+](=O)[O-])ccc1N1CCN(c2ccccc2)CC1. The quantitative estimate of drug-likeness (QED) is 0.674. The topological polar surface area (TPSA) is 75.6 Å². The molecule has 2 aromatic carbocycles. The van der Waals surface area contributed by atoms with Crippen molar-refractivity contribution < 1.29 is 4.92 Å². The van der Waals surface area contributed by atoms with Gasteiger partial charge in [0.1, 0.15) is 0 Å². The first-order chi connectivity index (χ1) is 11.7. The van der Waals surface area contributed by atoms with E-state index in [0.29, 0.717) is 13.0 Å². The van der Waals surface area contributed by atoms with Gasteiger partial charge in [-0.2, -0.15) is 0 Å². The van der Waals surface area contributed by atoms with Gasteiger partial charge in [0.2, 0.25) is 0 Å². The summed E-state index contributed by atoms with van der Waals surface area (Å²) in [6, 6.07) is 15.5. The Morgan fingerprint density at radius 3 is 2.29 bits per heavy atom. The lowest BCUT2D eigenvalue weighted by Crippen LogP contribution is -2.46. The van der Waals surface area contributed by atoms with E-state index in [1.807, 2.05) is 12.1 Å². The predicted octanol–water partition coefficient (Wildman–Crippen LogP) is 2.42. The molecule has 0 aliphatic carbocycles. The van der Waals surface area contributed by atoms with E-state index in [9.17, 15) is 10.1 Å². The lowest BCUT2D eigenvalue weighted by Gasteiger charge is -2.38. The number of piperazine rings is 1. The third kappa shape index (κ3) is 3.49. The highest BCUT2D eigenvalue weighted by atomic mass is 16.6. The Balaban J connectivity index is 1.75. The third-order valence-corrected chi connectivity index (χ3v) is 4.43. The molecule has 0 spiro atoms. The van der Waals surface area contributed by atoms with Crippen LogP contribution in [0.3, 0.4) is 0 Å². The summed E-state index contributed by atoms with van der Waals surface area (Å²) in [6.45, 7) is 4.14. The van der Waals surface area contributed by atoms with Crippen LogP contribution >= 0.6 is 0 Å². The van der Waals surface area contributed by atoms with Crippen molar-refractivity contribution in [1.29, 1.82) is 0 Å². The van der Waals surface area contributed by atoms with Crippen LogP contribution in [0, 0.1) is 10.1 Å². The predicted molar refractivity (Wildman–Crippen MR) is 96.7 cm³/mol. The third-order valence-electron chi connectivity index (χ3n) is 4.43. The van der Waals surface area contributed by atoms with E-state index in [2.05, 4.69) is 34.1 Å². The maximum atomic E-state index is 11.0. The van der Waals surface area contributed by atoms with Gasteiger partial charge in [-0.15, -0.1) is 0 Å². The van der Waals surface area contributed by atoms with E-state index >= 15 is 0 Å². The Hall–Kier alpha value is -2.60. The van der Waals surface area contributed by atoms with Gasteiger partial charge in [0, 0.05) is 49.7 Å². The molecular weight excluding hydrogens is 304 g/mol. The van der Waals surface area contributed by atoms with Gasteiger partial charge >= 0.3 is 0 Å². The van der Waals surface area contributed by atoms with E-state index in [0.717, 1.165) is 37.4 Å². The Labute approximate surface area is 141 Å². The molecule has 3 rings (SSSR count). The number of anilines is 2. The molecule has 0 unspecified atom stereocenters. The van der Waals surface area contributed by atoms with Crippen molar-refractivity contribution in [1.82, 2.24) is 0 Å². The highest BCUT2D eigenvalue weighted by Gasteiger charge is 2.20. The summed E-state index contributed by atoms with van der Waals surface area (Å²) in [7, 11) is 0. The number of para-hydroxylation sites is 1. The lowest BCUT2D eigenvalue weighted by molar-refractivity contribution is -0.384. The van der Waals surface area contributed by atoms with Gasteiger partial charge in [-0.05, 0) is 36.7 Å². The van der Waals surface area contributed by atoms with E-state index < -0.39 is 0 Å². The number of nitro benzene ring substituents is 1. The van der Waals surface area contributed by atoms with Gasteiger partial charge in [-0.1, -0.05) is 18.2 Å². The molecule has 2 aromatic rings. The fourth-order valence-corrected chi connectivity index (χ4v) is 3.19. The molecule has 1 heterocycles. The second-order valence-electron chi connectivity index (χ2n) is 5.92. The lowest BCUT2D eigenvalue weighted by atomic mass is 10.1. The van der Waals surface area contributed by atoms with Crippen LogP contribution < -0.4 is 15.5 Å². The molecule has 6 heteroatoms. The summed E-state index contributed by atoms with van der Waals surface area (Å²) in [5, 5.41) is 11.0. The van der Waals surface area contributed by atoms with Gasteiger partial charge in [0.25, 0.3) is 5.69 Å². The van der Waals surface area contributed by atoms with Crippen LogP contribution in [0.25, 0.3) is 0 Å². The number of nitro groups is 1. The summed E-state index contributed by atoms with van der Waals surface area (Å²) < 4.78 is 0. The number of rotatable bonds is 5. The van der Waals surface area contributed by atoms with Crippen molar-refractivity contribution in [2.45, 2.75) is 6.42 Å². The highest BCUT2D eigenvalue weighted by molar-refractivity contribution is 5.59. The van der Waals surface area contributed by atoms with Crippen molar-refractivity contribution in [2.75, 3.05) is 42.5 Å². The minimum absolute atomic E-state index is 0.130. The maximum Gasteiger partial charge on any atom is 0.269 e. The van der Waals surface area contributed by atoms with Gasteiger partial charge in [0.15, 0.2) is 0 Å². The molecule has 1 saturated heterocycles. The van der Waals surface area contributed by atoms with Crippen LogP contribution in [-0.2, 0) is 6.42 Å². The molecule has 6 nitrogen and oxygen atoms in total. The largest absolute Gasteiger partial charge is 0.368 e. The monoisotopic (exact) mass is 326 g/mol. The van der Waals surface area contributed by atoms with Crippen LogP contribution in [0.4, 0.5) is 17.1 Å². The summed E-state index contributed by atoms with van der Waals surface area (Å²) in [5.41, 5.74) is 9.08. The Morgan fingerprint density at radius 2 is 1.67 bits per heavy atom.